The van der Waals surface area contributed by atoms with Crippen LogP contribution < -0.4 is 0 Å². The van der Waals surface area contributed by atoms with Gasteiger partial charge >= 0.3 is 0 Å². The van der Waals surface area contributed by atoms with E-state index in [0.717, 1.165) is 11.9 Å². The monoisotopic (exact) mass is 180 g/mol. The number of aldehydes is 1. The van der Waals surface area contributed by atoms with Gasteiger partial charge in [-0.2, -0.15) is 0 Å². The summed E-state index contributed by atoms with van der Waals surface area (Å²) in [6, 6.07) is 0. The van der Waals surface area contributed by atoms with E-state index in [1.165, 1.54) is 0 Å². The van der Waals surface area contributed by atoms with Crippen molar-refractivity contribution in [2.45, 2.75) is 33.1 Å². The molecule has 0 aromatic rings. The van der Waals surface area contributed by atoms with E-state index in [1.54, 1.807) is 0 Å². The Kier molecular flexibility index (Phi) is 2.69. The fraction of sp³-hybridized carbons (Fsp3) is 0.636. The SMILES string of the molecule is C=C(C)[C@]1(CC=O)CC(=O)C[C@H]1C. The summed E-state index contributed by atoms with van der Waals surface area (Å²) in [4.78, 5) is 21.9. The maximum absolute atomic E-state index is 11.3. The molecule has 72 valence electrons. The third kappa shape index (κ3) is 1.58. The Bertz CT molecular complexity index is 255. The van der Waals surface area contributed by atoms with E-state index in [-0.39, 0.29) is 17.1 Å². The first kappa shape index (κ1) is 10.2. The summed E-state index contributed by atoms with van der Waals surface area (Å²) in [5.74, 6) is 0.528. The summed E-state index contributed by atoms with van der Waals surface area (Å²) in [6.07, 6.45) is 2.45. The Morgan fingerprint density at radius 2 is 2.38 bits per heavy atom. The fourth-order valence-corrected chi connectivity index (χ4v) is 2.30. The van der Waals surface area contributed by atoms with Crippen molar-refractivity contribution in [3.63, 3.8) is 0 Å². The zero-order valence-electron chi connectivity index (χ0n) is 8.30. The molecule has 2 nitrogen and oxygen atoms in total. The van der Waals surface area contributed by atoms with Gasteiger partial charge in [-0.3, -0.25) is 4.79 Å². The van der Waals surface area contributed by atoms with Gasteiger partial charge in [-0.25, -0.2) is 0 Å². The number of allylic oxidation sites excluding steroid dienone is 1. The van der Waals surface area contributed by atoms with Crippen molar-refractivity contribution >= 4 is 12.1 Å². The number of Topliss-reactive ketones (excluding diaryl/α,β-unsaturated/α-hetero) is 1. The zero-order chi connectivity index (χ0) is 10.1. The lowest BCUT2D eigenvalue weighted by atomic mass is 9.71. The van der Waals surface area contributed by atoms with Gasteiger partial charge < -0.3 is 4.79 Å². The molecule has 1 fully saturated rings. The smallest absolute Gasteiger partial charge is 0.134 e. The van der Waals surface area contributed by atoms with Crippen LogP contribution in [0, 0.1) is 11.3 Å². The Hall–Kier alpha value is -0.920. The van der Waals surface area contributed by atoms with Crippen LogP contribution in [0.15, 0.2) is 12.2 Å². The maximum atomic E-state index is 11.3. The van der Waals surface area contributed by atoms with Crippen LogP contribution in [0.4, 0.5) is 0 Å². The molecule has 0 spiro atoms. The van der Waals surface area contributed by atoms with Gasteiger partial charge in [-0.1, -0.05) is 19.1 Å². The molecule has 0 N–H and O–H groups in total. The molecule has 1 saturated carbocycles. The highest BCUT2D eigenvalue weighted by atomic mass is 16.1. The molecule has 0 saturated heterocycles. The van der Waals surface area contributed by atoms with E-state index in [9.17, 15) is 9.59 Å². The number of ketones is 1. The van der Waals surface area contributed by atoms with Crippen molar-refractivity contribution in [2.24, 2.45) is 11.3 Å². The molecule has 0 heterocycles. The minimum Gasteiger partial charge on any atom is -0.303 e. The van der Waals surface area contributed by atoms with Crippen LogP contribution in [0.1, 0.15) is 33.1 Å². The molecule has 2 heteroatoms. The lowest BCUT2D eigenvalue weighted by molar-refractivity contribution is -0.118. The Balaban J connectivity index is 2.96. The average Bonchev–Trinajstić information content (AvgIpc) is 2.28. The molecule has 0 amide bonds. The zero-order valence-corrected chi connectivity index (χ0v) is 8.30. The van der Waals surface area contributed by atoms with Crippen LogP contribution in [0.3, 0.4) is 0 Å². The highest BCUT2D eigenvalue weighted by Crippen LogP contribution is 2.48. The maximum Gasteiger partial charge on any atom is 0.134 e. The van der Waals surface area contributed by atoms with E-state index >= 15 is 0 Å². The molecule has 1 rings (SSSR count). The second kappa shape index (κ2) is 3.44. The van der Waals surface area contributed by atoms with Crippen molar-refractivity contribution < 1.29 is 9.59 Å². The summed E-state index contributed by atoms with van der Waals surface area (Å²) in [6.45, 7) is 7.85. The minimum absolute atomic E-state index is 0.237. The minimum atomic E-state index is -0.237. The molecular weight excluding hydrogens is 164 g/mol. The van der Waals surface area contributed by atoms with Gasteiger partial charge in [0, 0.05) is 24.7 Å². The summed E-state index contributed by atoms with van der Waals surface area (Å²) >= 11 is 0. The molecule has 2 atom stereocenters. The van der Waals surface area contributed by atoms with Crippen molar-refractivity contribution in [2.75, 3.05) is 0 Å². The van der Waals surface area contributed by atoms with E-state index in [2.05, 4.69) is 6.58 Å². The topological polar surface area (TPSA) is 34.1 Å². The average molecular weight is 180 g/mol. The molecule has 0 radical (unpaired) electrons. The highest BCUT2D eigenvalue weighted by molar-refractivity contribution is 5.83. The first-order valence-corrected chi connectivity index (χ1v) is 4.64. The van der Waals surface area contributed by atoms with E-state index in [0.29, 0.717) is 19.3 Å². The fourth-order valence-electron chi connectivity index (χ4n) is 2.30. The van der Waals surface area contributed by atoms with Gasteiger partial charge in [0.05, 0.1) is 0 Å². The predicted octanol–water partition coefficient (Wildman–Crippen LogP) is 2.14. The summed E-state index contributed by atoms with van der Waals surface area (Å²) in [5.41, 5.74) is 0.733. The van der Waals surface area contributed by atoms with Gasteiger partial charge in [0.2, 0.25) is 0 Å². The summed E-state index contributed by atoms with van der Waals surface area (Å²) in [7, 11) is 0. The second-order valence-electron chi connectivity index (χ2n) is 4.13. The first-order chi connectivity index (χ1) is 6.03. The lowest BCUT2D eigenvalue weighted by Gasteiger charge is -2.31. The van der Waals surface area contributed by atoms with Gasteiger partial charge in [-0.15, -0.1) is 0 Å². The third-order valence-electron chi connectivity index (χ3n) is 3.29. The number of carbonyl (C=O) groups is 2. The van der Waals surface area contributed by atoms with Crippen LogP contribution in [-0.2, 0) is 9.59 Å². The van der Waals surface area contributed by atoms with E-state index < -0.39 is 0 Å². The molecule has 1 aliphatic carbocycles. The first-order valence-electron chi connectivity index (χ1n) is 4.64. The van der Waals surface area contributed by atoms with Crippen LogP contribution in [-0.4, -0.2) is 12.1 Å². The summed E-state index contributed by atoms with van der Waals surface area (Å²) < 4.78 is 0. The second-order valence-corrected chi connectivity index (χ2v) is 4.13. The van der Waals surface area contributed by atoms with Gasteiger partial charge in [0.15, 0.2) is 0 Å². The Morgan fingerprint density at radius 3 is 2.69 bits per heavy atom. The van der Waals surface area contributed by atoms with Crippen molar-refractivity contribution in [1.29, 1.82) is 0 Å². The molecule has 1 aliphatic rings. The largest absolute Gasteiger partial charge is 0.303 e. The quantitative estimate of drug-likeness (QED) is 0.492. The van der Waals surface area contributed by atoms with E-state index in [1.807, 2.05) is 13.8 Å². The molecule has 0 aromatic carbocycles. The van der Waals surface area contributed by atoms with Crippen molar-refractivity contribution in [3.8, 4) is 0 Å². The highest BCUT2D eigenvalue weighted by Gasteiger charge is 2.44. The number of rotatable bonds is 3. The van der Waals surface area contributed by atoms with Crippen LogP contribution in [0.25, 0.3) is 0 Å². The Morgan fingerprint density at radius 1 is 1.77 bits per heavy atom. The molecule has 0 aromatic heterocycles. The summed E-state index contributed by atoms with van der Waals surface area (Å²) in [5, 5.41) is 0. The van der Waals surface area contributed by atoms with Crippen LogP contribution >= 0.6 is 0 Å². The van der Waals surface area contributed by atoms with Gasteiger partial charge in [-0.05, 0) is 12.8 Å². The number of carbonyl (C=O) groups excluding carboxylic acids is 2. The third-order valence-corrected chi connectivity index (χ3v) is 3.29. The lowest BCUT2D eigenvalue weighted by Crippen LogP contribution is -2.25. The molecule has 0 unspecified atom stereocenters. The standard InChI is InChI=1S/C11H16O2/c1-8(2)11(4-5-12)7-10(13)6-9(11)3/h5,9H,1,4,6-7H2,2-3H3/t9-,11+/m1/s1. The van der Waals surface area contributed by atoms with Gasteiger partial charge in [0.1, 0.15) is 12.1 Å². The van der Waals surface area contributed by atoms with Crippen LogP contribution in [0.2, 0.25) is 0 Å². The van der Waals surface area contributed by atoms with Gasteiger partial charge in [0.25, 0.3) is 0 Å². The van der Waals surface area contributed by atoms with Crippen LogP contribution in [0.5, 0.6) is 0 Å². The van der Waals surface area contributed by atoms with Crippen molar-refractivity contribution in [3.05, 3.63) is 12.2 Å². The Labute approximate surface area is 79.0 Å². The number of hydrogen-bond acceptors (Lipinski definition) is 2. The van der Waals surface area contributed by atoms with Crippen molar-refractivity contribution in [1.82, 2.24) is 0 Å². The predicted molar refractivity (Wildman–Crippen MR) is 51.3 cm³/mol. The number of hydrogen-bond donors (Lipinski definition) is 0. The van der Waals surface area contributed by atoms with E-state index in [4.69, 9.17) is 0 Å². The molecule has 0 aliphatic heterocycles. The normalized spacial score (nSPS) is 33.4. The molecule has 13 heavy (non-hydrogen) atoms. The molecule has 0 bridgehead atoms. The molecular formula is C11H16O2.